The summed E-state index contributed by atoms with van der Waals surface area (Å²) in [6.45, 7) is 4.08. The molecule has 1 saturated heterocycles. The molecule has 8 heteroatoms. The molecule has 0 saturated carbocycles. The molecule has 1 heterocycles. The van der Waals surface area contributed by atoms with Crippen LogP contribution in [-0.4, -0.2) is 58.2 Å². The minimum atomic E-state index is -3.61. The van der Waals surface area contributed by atoms with Crippen molar-refractivity contribution < 1.29 is 13.2 Å². The summed E-state index contributed by atoms with van der Waals surface area (Å²) in [7, 11) is -1.51. The first-order chi connectivity index (χ1) is 14.4. The third-order valence-electron chi connectivity index (χ3n) is 5.13. The maximum Gasteiger partial charge on any atom is 0.235 e. The number of anilines is 1. The average molecular weight is 427 g/mol. The Morgan fingerprint density at radius 2 is 1.73 bits per heavy atom. The summed E-state index contributed by atoms with van der Waals surface area (Å²) in [5.74, 6) is -1.31. The molecule has 1 aliphatic rings. The van der Waals surface area contributed by atoms with Crippen molar-refractivity contribution in [3.63, 3.8) is 0 Å². The fraction of sp³-hybridized carbons (Fsp3) is 0.364. The van der Waals surface area contributed by atoms with Gasteiger partial charge in [0.1, 0.15) is 5.75 Å². The van der Waals surface area contributed by atoms with Crippen LogP contribution < -0.4 is 10.2 Å². The van der Waals surface area contributed by atoms with Gasteiger partial charge in [-0.1, -0.05) is 30.3 Å². The second-order valence-electron chi connectivity index (χ2n) is 7.54. The van der Waals surface area contributed by atoms with Crippen molar-refractivity contribution in [3.8, 4) is 6.07 Å². The van der Waals surface area contributed by atoms with Gasteiger partial charge in [-0.3, -0.25) is 4.79 Å². The standard InChI is InChI=1S/C22H26N4O3S/c1-25-10-12-26(13-11-25)21-5-3-2-4-20(21)15-24-22(27)17-30(28,29)16-19-8-6-18(14-23)7-9-19/h2-9H,10-13,15-17H2,1H3,(H,24,27). The number of carbonyl (C=O) groups is 1. The van der Waals surface area contributed by atoms with Crippen LogP contribution in [0, 0.1) is 11.3 Å². The summed E-state index contributed by atoms with van der Waals surface area (Å²) >= 11 is 0. The van der Waals surface area contributed by atoms with Gasteiger partial charge in [0.2, 0.25) is 5.91 Å². The lowest BCUT2D eigenvalue weighted by atomic mass is 10.1. The van der Waals surface area contributed by atoms with Crippen molar-refractivity contribution in [1.82, 2.24) is 10.2 Å². The van der Waals surface area contributed by atoms with Crippen molar-refractivity contribution in [2.75, 3.05) is 43.9 Å². The summed E-state index contributed by atoms with van der Waals surface area (Å²) in [5, 5.41) is 11.6. The van der Waals surface area contributed by atoms with Crippen LogP contribution in [0.3, 0.4) is 0 Å². The highest BCUT2D eigenvalue weighted by molar-refractivity contribution is 7.91. The van der Waals surface area contributed by atoms with E-state index >= 15 is 0 Å². The van der Waals surface area contributed by atoms with E-state index in [4.69, 9.17) is 5.26 Å². The summed E-state index contributed by atoms with van der Waals surface area (Å²) < 4.78 is 24.8. The van der Waals surface area contributed by atoms with Gasteiger partial charge in [0.05, 0.1) is 17.4 Å². The van der Waals surface area contributed by atoms with E-state index in [0.29, 0.717) is 11.1 Å². The van der Waals surface area contributed by atoms with Crippen LogP contribution in [0.1, 0.15) is 16.7 Å². The lowest BCUT2D eigenvalue weighted by Gasteiger charge is -2.35. The highest BCUT2D eigenvalue weighted by Gasteiger charge is 2.19. The van der Waals surface area contributed by atoms with Gasteiger partial charge in [-0.05, 0) is 36.4 Å². The first-order valence-electron chi connectivity index (χ1n) is 9.84. The molecule has 1 aliphatic heterocycles. The zero-order chi connectivity index (χ0) is 21.6. The van der Waals surface area contributed by atoms with E-state index in [9.17, 15) is 13.2 Å². The zero-order valence-electron chi connectivity index (χ0n) is 17.0. The highest BCUT2D eigenvalue weighted by Crippen LogP contribution is 2.21. The van der Waals surface area contributed by atoms with E-state index in [1.54, 1.807) is 24.3 Å². The number of piperazine rings is 1. The largest absolute Gasteiger partial charge is 0.369 e. The summed E-state index contributed by atoms with van der Waals surface area (Å²) in [6.07, 6.45) is 0. The number of nitriles is 1. The fourth-order valence-corrected chi connectivity index (χ4v) is 4.75. The van der Waals surface area contributed by atoms with Crippen LogP contribution in [0.5, 0.6) is 0 Å². The van der Waals surface area contributed by atoms with Crippen LogP contribution in [0.4, 0.5) is 5.69 Å². The summed E-state index contributed by atoms with van der Waals surface area (Å²) in [4.78, 5) is 16.9. The smallest absolute Gasteiger partial charge is 0.235 e. The van der Waals surface area contributed by atoms with Gasteiger partial charge in [0.15, 0.2) is 9.84 Å². The Morgan fingerprint density at radius 1 is 1.07 bits per heavy atom. The van der Waals surface area contributed by atoms with Crippen molar-refractivity contribution in [3.05, 3.63) is 65.2 Å². The molecular weight excluding hydrogens is 400 g/mol. The number of likely N-dealkylation sites (N-methyl/N-ethyl adjacent to an activating group) is 1. The Bertz CT molecular complexity index is 1020. The molecular formula is C22H26N4O3S. The number of nitrogens with one attached hydrogen (secondary N) is 1. The van der Waals surface area contributed by atoms with E-state index in [-0.39, 0.29) is 12.3 Å². The van der Waals surface area contributed by atoms with Gasteiger partial charge in [-0.2, -0.15) is 5.26 Å². The third kappa shape index (κ3) is 6.05. The van der Waals surface area contributed by atoms with Crippen LogP contribution in [0.15, 0.2) is 48.5 Å². The molecule has 0 aliphatic carbocycles. The second kappa shape index (κ2) is 9.74. The van der Waals surface area contributed by atoms with Crippen LogP contribution in [0.25, 0.3) is 0 Å². The van der Waals surface area contributed by atoms with Crippen LogP contribution >= 0.6 is 0 Å². The van der Waals surface area contributed by atoms with Crippen molar-refractivity contribution in [1.29, 1.82) is 5.26 Å². The van der Waals surface area contributed by atoms with E-state index in [2.05, 4.69) is 22.2 Å². The number of para-hydroxylation sites is 1. The summed E-state index contributed by atoms with van der Waals surface area (Å²) in [6, 6.07) is 16.2. The molecule has 0 spiro atoms. The number of hydrogen-bond acceptors (Lipinski definition) is 6. The highest BCUT2D eigenvalue weighted by atomic mass is 32.2. The molecule has 0 atom stereocenters. The molecule has 0 unspecified atom stereocenters. The van der Waals surface area contributed by atoms with Gasteiger partial charge in [-0.15, -0.1) is 0 Å². The number of rotatable bonds is 7. The Hall–Kier alpha value is -2.89. The predicted molar refractivity (Wildman–Crippen MR) is 117 cm³/mol. The Labute approximate surface area is 177 Å². The van der Waals surface area contributed by atoms with E-state index < -0.39 is 21.5 Å². The monoisotopic (exact) mass is 426 g/mol. The normalized spacial score (nSPS) is 14.9. The minimum Gasteiger partial charge on any atom is -0.369 e. The van der Waals surface area contributed by atoms with Crippen molar-refractivity contribution in [2.45, 2.75) is 12.3 Å². The number of carbonyl (C=O) groups excluding carboxylic acids is 1. The molecule has 1 fully saturated rings. The molecule has 7 nitrogen and oxygen atoms in total. The van der Waals surface area contributed by atoms with Crippen molar-refractivity contribution >= 4 is 21.4 Å². The number of hydrogen-bond donors (Lipinski definition) is 1. The first kappa shape index (κ1) is 21.8. The Balaban J connectivity index is 1.57. The van der Waals surface area contributed by atoms with Gasteiger partial charge in [0, 0.05) is 38.4 Å². The van der Waals surface area contributed by atoms with E-state index in [1.807, 2.05) is 30.3 Å². The number of nitrogens with zero attached hydrogens (tertiary/aromatic N) is 3. The third-order valence-corrected chi connectivity index (χ3v) is 6.61. The van der Waals surface area contributed by atoms with Crippen molar-refractivity contribution in [2.24, 2.45) is 0 Å². The SMILES string of the molecule is CN1CCN(c2ccccc2CNC(=O)CS(=O)(=O)Cc2ccc(C#N)cc2)CC1. The maximum atomic E-state index is 12.4. The Kier molecular flexibility index (Phi) is 7.08. The summed E-state index contributed by atoms with van der Waals surface area (Å²) in [5.41, 5.74) is 3.07. The maximum absolute atomic E-state index is 12.4. The van der Waals surface area contributed by atoms with Gasteiger partial charge >= 0.3 is 0 Å². The van der Waals surface area contributed by atoms with Crippen LogP contribution in [0.2, 0.25) is 0 Å². The first-order valence-corrected chi connectivity index (χ1v) is 11.7. The van der Waals surface area contributed by atoms with Gasteiger partial charge in [0.25, 0.3) is 0 Å². The van der Waals surface area contributed by atoms with Gasteiger partial charge < -0.3 is 15.1 Å². The molecule has 2 aromatic rings. The second-order valence-corrected chi connectivity index (χ2v) is 9.60. The molecule has 158 valence electrons. The minimum absolute atomic E-state index is 0.232. The molecule has 0 aromatic heterocycles. The number of benzene rings is 2. The lowest BCUT2D eigenvalue weighted by Crippen LogP contribution is -2.45. The lowest BCUT2D eigenvalue weighted by molar-refractivity contribution is -0.118. The topological polar surface area (TPSA) is 93.5 Å². The number of amides is 1. The molecule has 30 heavy (non-hydrogen) atoms. The van der Waals surface area contributed by atoms with E-state index in [0.717, 1.165) is 37.4 Å². The van der Waals surface area contributed by atoms with E-state index in [1.165, 1.54) is 0 Å². The molecule has 0 bridgehead atoms. The molecule has 1 amide bonds. The Morgan fingerprint density at radius 3 is 2.40 bits per heavy atom. The van der Waals surface area contributed by atoms with Gasteiger partial charge in [-0.25, -0.2) is 8.42 Å². The quantitative estimate of drug-likeness (QED) is 0.722. The van der Waals surface area contributed by atoms with Crippen LogP contribution in [-0.2, 0) is 26.9 Å². The predicted octanol–water partition coefficient (Wildman–Crippen LogP) is 1.54. The number of sulfone groups is 1. The fourth-order valence-electron chi connectivity index (χ4n) is 3.44. The average Bonchev–Trinajstić information content (AvgIpc) is 2.73. The molecule has 3 rings (SSSR count). The molecule has 1 N–H and O–H groups in total. The molecule has 2 aromatic carbocycles. The zero-order valence-corrected chi connectivity index (χ0v) is 17.9. The molecule has 0 radical (unpaired) electrons.